The van der Waals surface area contributed by atoms with E-state index in [0.29, 0.717) is 19.0 Å². The minimum absolute atomic E-state index is 0.0622. The molecule has 0 saturated carbocycles. The fourth-order valence-electron chi connectivity index (χ4n) is 3.08. The summed E-state index contributed by atoms with van der Waals surface area (Å²) in [5, 5.41) is 6.02. The number of hydrogen-bond donors (Lipinski definition) is 2. The first-order chi connectivity index (χ1) is 10.0. The second-order valence-corrected chi connectivity index (χ2v) is 8.10. The molecule has 3 rings (SSSR count). The summed E-state index contributed by atoms with van der Waals surface area (Å²) in [5.74, 6) is 0.554. The summed E-state index contributed by atoms with van der Waals surface area (Å²) in [6.45, 7) is 1.07. The maximum atomic E-state index is 11.9. The van der Waals surface area contributed by atoms with Crippen LogP contribution in [-0.4, -0.2) is 45.0 Å². The second-order valence-electron chi connectivity index (χ2n) is 5.87. The van der Waals surface area contributed by atoms with E-state index in [1.807, 2.05) is 12.1 Å². The Morgan fingerprint density at radius 1 is 1.33 bits per heavy atom. The summed E-state index contributed by atoms with van der Waals surface area (Å²) in [4.78, 5) is 11.9. The van der Waals surface area contributed by atoms with Gasteiger partial charge >= 0.3 is 0 Å². The maximum absolute atomic E-state index is 11.9. The zero-order valence-corrected chi connectivity index (χ0v) is 12.7. The SMILES string of the molecule is O=C(CC1CS(=O)(=O)CCN1)NCC1Cc2ccccc21. The fourth-order valence-corrected chi connectivity index (χ4v) is 4.52. The first kappa shape index (κ1) is 14.5. The smallest absolute Gasteiger partial charge is 0.221 e. The van der Waals surface area contributed by atoms with Gasteiger partial charge in [0.2, 0.25) is 5.91 Å². The predicted molar refractivity (Wildman–Crippen MR) is 81.0 cm³/mol. The van der Waals surface area contributed by atoms with Crippen molar-refractivity contribution >= 4 is 15.7 Å². The molecule has 1 heterocycles. The molecule has 0 aromatic heterocycles. The van der Waals surface area contributed by atoms with E-state index in [1.165, 1.54) is 11.1 Å². The molecule has 2 N–H and O–H groups in total. The minimum atomic E-state index is -2.98. The highest BCUT2D eigenvalue weighted by Gasteiger charge is 2.28. The molecule has 0 radical (unpaired) electrons. The van der Waals surface area contributed by atoms with Crippen molar-refractivity contribution in [2.24, 2.45) is 0 Å². The summed E-state index contributed by atoms with van der Waals surface area (Å²) in [7, 11) is -2.98. The highest BCUT2D eigenvalue weighted by Crippen LogP contribution is 2.33. The van der Waals surface area contributed by atoms with E-state index in [1.54, 1.807) is 0 Å². The number of benzene rings is 1. The topological polar surface area (TPSA) is 75.3 Å². The number of nitrogens with one attached hydrogen (secondary N) is 2. The van der Waals surface area contributed by atoms with E-state index in [2.05, 4.69) is 22.8 Å². The van der Waals surface area contributed by atoms with Crippen molar-refractivity contribution in [3.8, 4) is 0 Å². The molecule has 2 unspecified atom stereocenters. The molecule has 2 aliphatic rings. The normalized spacial score (nSPS) is 26.5. The molecule has 1 amide bonds. The standard InChI is InChI=1S/C15H20N2O3S/c18-15(8-13-10-21(19,20)6-5-16-13)17-9-12-7-11-3-1-2-4-14(11)12/h1-4,12-13,16H,5-10H2,(H,17,18). The summed E-state index contributed by atoms with van der Waals surface area (Å²) in [6.07, 6.45) is 1.24. The number of rotatable bonds is 4. The average molecular weight is 308 g/mol. The first-order valence-corrected chi connectivity index (χ1v) is 9.14. The fraction of sp³-hybridized carbons (Fsp3) is 0.533. The van der Waals surface area contributed by atoms with Crippen molar-refractivity contribution in [1.29, 1.82) is 0 Å². The van der Waals surface area contributed by atoms with Crippen LogP contribution in [-0.2, 0) is 21.1 Å². The van der Waals surface area contributed by atoms with Gasteiger partial charge in [-0.3, -0.25) is 4.79 Å². The molecular weight excluding hydrogens is 288 g/mol. The predicted octanol–water partition coefficient (Wildman–Crippen LogP) is 0.219. The van der Waals surface area contributed by atoms with E-state index in [4.69, 9.17) is 0 Å². The van der Waals surface area contributed by atoms with Crippen molar-refractivity contribution in [2.75, 3.05) is 24.6 Å². The lowest BCUT2D eigenvalue weighted by molar-refractivity contribution is -0.121. The van der Waals surface area contributed by atoms with Gasteiger partial charge < -0.3 is 10.6 Å². The van der Waals surface area contributed by atoms with E-state index in [0.717, 1.165) is 6.42 Å². The lowest BCUT2D eigenvalue weighted by Gasteiger charge is -2.30. The Bertz CT molecular complexity index is 642. The largest absolute Gasteiger partial charge is 0.355 e. The third kappa shape index (κ3) is 3.44. The molecule has 1 aliphatic carbocycles. The average Bonchev–Trinajstić information content (AvgIpc) is 2.38. The molecule has 0 bridgehead atoms. The number of fused-ring (bicyclic) bond motifs is 1. The van der Waals surface area contributed by atoms with E-state index in [-0.39, 0.29) is 29.9 Å². The van der Waals surface area contributed by atoms with Gasteiger partial charge in [-0.2, -0.15) is 0 Å². The van der Waals surface area contributed by atoms with Crippen LogP contribution in [0.15, 0.2) is 24.3 Å². The van der Waals surface area contributed by atoms with Crippen LogP contribution >= 0.6 is 0 Å². The molecule has 1 aromatic rings. The van der Waals surface area contributed by atoms with Gasteiger partial charge in [0.25, 0.3) is 0 Å². The second kappa shape index (κ2) is 5.77. The Morgan fingerprint density at radius 3 is 2.90 bits per heavy atom. The summed E-state index contributed by atoms with van der Waals surface area (Å²) in [5.41, 5.74) is 2.67. The molecule has 114 valence electrons. The van der Waals surface area contributed by atoms with Gasteiger partial charge in [0.1, 0.15) is 0 Å². The van der Waals surface area contributed by atoms with Gasteiger partial charge in [-0.1, -0.05) is 24.3 Å². The van der Waals surface area contributed by atoms with E-state index < -0.39 is 9.84 Å². The summed E-state index contributed by atoms with van der Waals surface area (Å²) < 4.78 is 23.1. The zero-order valence-electron chi connectivity index (χ0n) is 11.8. The Kier molecular flexibility index (Phi) is 3.99. The van der Waals surface area contributed by atoms with Crippen LogP contribution in [0.4, 0.5) is 0 Å². The molecule has 1 aliphatic heterocycles. The van der Waals surface area contributed by atoms with E-state index in [9.17, 15) is 13.2 Å². The van der Waals surface area contributed by atoms with Gasteiger partial charge in [0, 0.05) is 31.5 Å². The Morgan fingerprint density at radius 2 is 2.14 bits per heavy atom. The zero-order chi connectivity index (χ0) is 14.9. The quantitative estimate of drug-likeness (QED) is 0.834. The minimum Gasteiger partial charge on any atom is -0.355 e. The maximum Gasteiger partial charge on any atom is 0.221 e. The number of amides is 1. The Labute approximate surface area is 125 Å². The van der Waals surface area contributed by atoms with Crippen LogP contribution in [0.3, 0.4) is 0 Å². The van der Waals surface area contributed by atoms with Gasteiger partial charge in [-0.25, -0.2) is 8.42 Å². The first-order valence-electron chi connectivity index (χ1n) is 7.32. The highest BCUT2D eigenvalue weighted by molar-refractivity contribution is 7.91. The highest BCUT2D eigenvalue weighted by atomic mass is 32.2. The molecular formula is C15H20N2O3S. The van der Waals surface area contributed by atoms with E-state index >= 15 is 0 Å². The number of carbonyl (C=O) groups excluding carboxylic acids is 1. The Balaban J connectivity index is 1.46. The monoisotopic (exact) mass is 308 g/mol. The molecule has 5 nitrogen and oxygen atoms in total. The number of sulfone groups is 1. The van der Waals surface area contributed by atoms with Crippen molar-refractivity contribution in [3.63, 3.8) is 0 Å². The van der Waals surface area contributed by atoms with Crippen LogP contribution in [0.25, 0.3) is 0 Å². The van der Waals surface area contributed by atoms with Gasteiger partial charge in [-0.15, -0.1) is 0 Å². The summed E-state index contributed by atoms with van der Waals surface area (Å²) >= 11 is 0. The van der Waals surface area contributed by atoms with Crippen LogP contribution < -0.4 is 10.6 Å². The van der Waals surface area contributed by atoms with Crippen LogP contribution in [0.5, 0.6) is 0 Å². The van der Waals surface area contributed by atoms with Crippen molar-refractivity contribution in [1.82, 2.24) is 10.6 Å². The van der Waals surface area contributed by atoms with Crippen molar-refractivity contribution < 1.29 is 13.2 Å². The molecule has 0 spiro atoms. The Hall–Kier alpha value is -1.40. The molecule has 1 fully saturated rings. The summed E-state index contributed by atoms with van der Waals surface area (Å²) in [6, 6.07) is 8.01. The number of carbonyl (C=O) groups is 1. The molecule has 6 heteroatoms. The molecule has 1 saturated heterocycles. The lowest BCUT2D eigenvalue weighted by atomic mass is 9.77. The third-order valence-corrected chi connectivity index (χ3v) is 5.98. The van der Waals surface area contributed by atoms with Gasteiger partial charge in [-0.05, 0) is 17.5 Å². The van der Waals surface area contributed by atoms with Crippen molar-refractivity contribution in [3.05, 3.63) is 35.4 Å². The van der Waals surface area contributed by atoms with Gasteiger partial charge in [0.05, 0.1) is 11.5 Å². The van der Waals surface area contributed by atoms with Crippen LogP contribution in [0.1, 0.15) is 23.5 Å². The van der Waals surface area contributed by atoms with Crippen LogP contribution in [0, 0.1) is 0 Å². The molecule has 1 aromatic carbocycles. The lowest BCUT2D eigenvalue weighted by Crippen LogP contribution is -2.47. The van der Waals surface area contributed by atoms with Gasteiger partial charge in [0.15, 0.2) is 9.84 Å². The van der Waals surface area contributed by atoms with Crippen LogP contribution in [0.2, 0.25) is 0 Å². The molecule has 2 atom stereocenters. The third-order valence-electron chi connectivity index (χ3n) is 4.24. The van der Waals surface area contributed by atoms with Crippen molar-refractivity contribution in [2.45, 2.75) is 24.8 Å². The molecule has 21 heavy (non-hydrogen) atoms. The number of hydrogen-bond acceptors (Lipinski definition) is 4.